The number of ketones is 1. The van der Waals surface area contributed by atoms with Crippen molar-refractivity contribution in [1.29, 1.82) is 0 Å². The Hall–Kier alpha value is -2.21. The fourth-order valence-electron chi connectivity index (χ4n) is 1.50. The molecule has 0 heterocycles. The van der Waals surface area contributed by atoms with Crippen molar-refractivity contribution in [2.24, 2.45) is 0 Å². The average molecular weight is 294 g/mol. The molecule has 0 fully saturated rings. The fraction of sp³-hybridized carbons (Fsp3) is 0.400. The van der Waals surface area contributed by atoms with Crippen LogP contribution < -0.4 is 0 Å². The van der Waals surface area contributed by atoms with Crippen LogP contribution in [0.25, 0.3) is 0 Å². The van der Waals surface area contributed by atoms with E-state index in [0.717, 1.165) is 0 Å². The number of carbonyl (C=O) groups excluding carboxylic acids is 2. The summed E-state index contributed by atoms with van der Waals surface area (Å²) in [7, 11) is 0. The van der Waals surface area contributed by atoms with Crippen LogP contribution in [0.4, 0.5) is 0 Å². The van der Waals surface area contributed by atoms with Crippen LogP contribution in [0.15, 0.2) is 24.3 Å². The van der Waals surface area contributed by atoms with Crippen LogP contribution in [0, 0.1) is 0 Å². The molecule has 6 heteroatoms. The van der Waals surface area contributed by atoms with Gasteiger partial charge in [-0.2, -0.15) is 0 Å². The van der Waals surface area contributed by atoms with E-state index < -0.39 is 18.0 Å². The quantitative estimate of drug-likeness (QED) is 0.737. The molecule has 1 aromatic carbocycles. The van der Waals surface area contributed by atoms with Gasteiger partial charge in [0.2, 0.25) is 0 Å². The highest BCUT2D eigenvalue weighted by Gasteiger charge is 2.18. The van der Waals surface area contributed by atoms with Gasteiger partial charge in [0.15, 0.2) is 5.78 Å². The number of carboxylic acids is 1. The van der Waals surface area contributed by atoms with E-state index in [1.807, 2.05) is 0 Å². The standard InChI is InChI=1S/C15H18O6/c1-3-11(16)9-20-10(2)8-21-15(19)13-7-5-4-6-12(13)14(17)18/h4-7,10H,3,8-9H2,1-2H3,(H,17,18). The molecule has 1 aromatic rings. The second kappa shape index (κ2) is 8.16. The second-order valence-electron chi connectivity index (χ2n) is 4.46. The molecule has 6 nitrogen and oxygen atoms in total. The monoisotopic (exact) mass is 294 g/mol. The maximum atomic E-state index is 11.9. The van der Waals surface area contributed by atoms with Crippen molar-refractivity contribution in [2.75, 3.05) is 13.2 Å². The van der Waals surface area contributed by atoms with Gasteiger partial charge in [-0.15, -0.1) is 0 Å². The minimum Gasteiger partial charge on any atom is -0.478 e. The molecule has 0 saturated heterocycles. The Kier molecular flexibility index (Phi) is 6.55. The Bertz CT molecular complexity index is 523. The summed E-state index contributed by atoms with van der Waals surface area (Å²) in [6.45, 7) is 3.32. The van der Waals surface area contributed by atoms with Crippen LogP contribution in [-0.2, 0) is 14.3 Å². The molecule has 114 valence electrons. The molecule has 1 unspecified atom stereocenters. The van der Waals surface area contributed by atoms with Crippen molar-refractivity contribution in [3.8, 4) is 0 Å². The lowest BCUT2D eigenvalue weighted by atomic mass is 10.1. The summed E-state index contributed by atoms with van der Waals surface area (Å²) in [5.74, 6) is -1.96. The van der Waals surface area contributed by atoms with Crippen LogP contribution in [0.3, 0.4) is 0 Å². The fourth-order valence-corrected chi connectivity index (χ4v) is 1.50. The number of aromatic carboxylic acids is 1. The van der Waals surface area contributed by atoms with E-state index in [1.54, 1.807) is 19.9 Å². The Labute approximate surface area is 122 Å². The zero-order valence-corrected chi connectivity index (χ0v) is 12.0. The number of hydrogen-bond donors (Lipinski definition) is 1. The van der Waals surface area contributed by atoms with Gasteiger partial charge in [-0.05, 0) is 19.1 Å². The first kappa shape index (κ1) is 16.8. The number of ether oxygens (including phenoxy) is 2. The maximum absolute atomic E-state index is 11.9. The van der Waals surface area contributed by atoms with Crippen molar-refractivity contribution >= 4 is 17.7 Å². The zero-order chi connectivity index (χ0) is 15.8. The van der Waals surface area contributed by atoms with E-state index in [-0.39, 0.29) is 30.1 Å². The lowest BCUT2D eigenvalue weighted by Crippen LogP contribution is -2.22. The van der Waals surface area contributed by atoms with E-state index >= 15 is 0 Å². The zero-order valence-electron chi connectivity index (χ0n) is 12.0. The third-order valence-corrected chi connectivity index (χ3v) is 2.75. The van der Waals surface area contributed by atoms with Crippen LogP contribution >= 0.6 is 0 Å². The van der Waals surface area contributed by atoms with Crippen LogP contribution in [0.5, 0.6) is 0 Å². The van der Waals surface area contributed by atoms with Gasteiger partial charge in [0.05, 0.1) is 17.2 Å². The number of hydrogen-bond acceptors (Lipinski definition) is 5. The molecule has 0 aliphatic heterocycles. The number of esters is 1. The third-order valence-electron chi connectivity index (χ3n) is 2.75. The highest BCUT2D eigenvalue weighted by Crippen LogP contribution is 2.10. The number of carbonyl (C=O) groups is 3. The minimum absolute atomic E-state index is 0.0122. The van der Waals surface area contributed by atoms with Crippen LogP contribution in [0.1, 0.15) is 41.0 Å². The van der Waals surface area contributed by atoms with E-state index in [4.69, 9.17) is 14.6 Å². The molecule has 1 N–H and O–H groups in total. The molecule has 0 bridgehead atoms. The largest absolute Gasteiger partial charge is 0.478 e. The molecule has 21 heavy (non-hydrogen) atoms. The highest BCUT2D eigenvalue weighted by atomic mass is 16.6. The van der Waals surface area contributed by atoms with Gasteiger partial charge in [0.1, 0.15) is 13.2 Å². The lowest BCUT2D eigenvalue weighted by molar-refractivity contribution is -0.125. The molecule has 0 spiro atoms. The second-order valence-corrected chi connectivity index (χ2v) is 4.46. The van der Waals surface area contributed by atoms with Crippen molar-refractivity contribution in [3.63, 3.8) is 0 Å². The third kappa shape index (κ3) is 5.35. The van der Waals surface area contributed by atoms with Gasteiger partial charge in [-0.3, -0.25) is 4.79 Å². The summed E-state index contributed by atoms with van der Waals surface area (Å²) >= 11 is 0. The molecule has 0 aliphatic rings. The normalized spacial score (nSPS) is 11.7. The number of carboxylic acid groups (broad SMARTS) is 1. The van der Waals surface area contributed by atoms with Crippen molar-refractivity contribution < 1.29 is 29.0 Å². The van der Waals surface area contributed by atoms with Crippen molar-refractivity contribution in [2.45, 2.75) is 26.4 Å². The summed E-state index contributed by atoms with van der Waals surface area (Å²) in [4.78, 5) is 34.0. The molecule has 0 radical (unpaired) electrons. The van der Waals surface area contributed by atoms with Gasteiger partial charge in [-0.1, -0.05) is 19.1 Å². The van der Waals surface area contributed by atoms with E-state index in [1.165, 1.54) is 18.2 Å². The first-order valence-electron chi connectivity index (χ1n) is 6.58. The summed E-state index contributed by atoms with van der Waals surface area (Å²) < 4.78 is 10.2. The van der Waals surface area contributed by atoms with E-state index in [2.05, 4.69) is 0 Å². The molecular weight excluding hydrogens is 276 g/mol. The van der Waals surface area contributed by atoms with Crippen molar-refractivity contribution in [3.05, 3.63) is 35.4 Å². The number of Topliss-reactive ketones (excluding diaryl/α,β-unsaturated/α-hetero) is 1. The van der Waals surface area contributed by atoms with Gasteiger partial charge in [0.25, 0.3) is 0 Å². The van der Waals surface area contributed by atoms with Crippen LogP contribution in [-0.4, -0.2) is 42.1 Å². The lowest BCUT2D eigenvalue weighted by Gasteiger charge is -2.13. The van der Waals surface area contributed by atoms with E-state index in [0.29, 0.717) is 6.42 Å². The van der Waals surface area contributed by atoms with E-state index in [9.17, 15) is 14.4 Å². The number of benzene rings is 1. The molecule has 0 amide bonds. The number of rotatable bonds is 8. The smallest absolute Gasteiger partial charge is 0.339 e. The Morgan fingerprint density at radius 2 is 1.81 bits per heavy atom. The van der Waals surface area contributed by atoms with Gasteiger partial charge >= 0.3 is 11.9 Å². The molecule has 1 atom stereocenters. The molecule has 0 saturated carbocycles. The average Bonchev–Trinajstić information content (AvgIpc) is 2.49. The van der Waals surface area contributed by atoms with Crippen molar-refractivity contribution in [1.82, 2.24) is 0 Å². The summed E-state index contributed by atoms with van der Waals surface area (Å²) in [6, 6.07) is 5.81. The summed E-state index contributed by atoms with van der Waals surface area (Å²) in [5, 5.41) is 8.99. The first-order valence-corrected chi connectivity index (χ1v) is 6.58. The predicted octanol–water partition coefficient (Wildman–Crippen LogP) is 1.93. The first-order chi connectivity index (χ1) is 9.95. The Morgan fingerprint density at radius 1 is 1.19 bits per heavy atom. The summed E-state index contributed by atoms with van der Waals surface area (Å²) in [5.41, 5.74) is -0.126. The molecule has 0 aromatic heterocycles. The SMILES string of the molecule is CCC(=O)COC(C)COC(=O)c1ccccc1C(=O)O. The van der Waals surface area contributed by atoms with Gasteiger partial charge in [0, 0.05) is 6.42 Å². The van der Waals surface area contributed by atoms with Gasteiger partial charge < -0.3 is 14.6 Å². The minimum atomic E-state index is -1.19. The highest BCUT2D eigenvalue weighted by molar-refractivity contribution is 6.02. The molecule has 0 aliphatic carbocycles. The van der Waals surface area contributed by atoms with Crippen LogP contribution in [0.2, 0.25) is 0 Å². The molecule has 1 rings (SSSR count). The van der Waals surface area contributed by atoms with Gasteiger partial charge in [-0.25, -0.2) is 9.59 Å². The predicted molar refractivity (Wildman–Crippen MR) is 74.4 cm³/mol. The Morgan fingerprint density at radius 3 is 2.38 bits per heavy atom. The Balaban J connectivity index is 2.54. The molecular formula is C15H18O6. The topological polar surface area (TPSA) is 89.9 Å². The maximum Gasteiger partial charge on any atom is 0.339 e. The summed E-state index contributed by atoms with van der Waals surface area (Å²) in [6.07, 6.45) is -0.0557.